The van der Waals surface area contributed by atoms with Crippen molar-refractivity contribution in [3.63, 3.8) is 0 Å². The molecular formula is C54H37N3OS. The van der Waals surface area contributed by atoms with Crippen LogP contribution in [0.5, 0.6) is 11.5 Å². The van der Waals surface area contributed by atoms with Crippen molar-refractivity contribution in [2.75, 3.05) is 14.7 Å². The third-order valence-corrected chi connectivity index (χ3v) is 12.2. The van der Waals surface area contributed by atoms with Crippen LogP contribution in [0, 0.1) is 0 Å². The van der Waals surface area contributed by atoms with Crippen LogP contribution in [0.4, 0.5) is 51.2 Å². The van der Waals surface area contributed by atoms with Gasteiger partial charge in [0.05, 0.1) is 22.7 Å². The summed E-state index contributed by atoms with van der Waals surface area (Å²) in [4.78, 5) is 9.48. The van der Waals surface area contributed by atoms with Gasteiger partial charge < -0.3 is 19.4 Å². The van der Waals surface area contributed by atoms with Crippen molar-refractivity contribution in [3.8, 4) is 33.8 Å². The zero-order valence-electron chi connectivity index (χ0n) is 32.0. The van der Waals surface area contributed by atoms with Crippen LogP contribution in [0.3, 0.4) is 0 Å². The lowest BCUT2D eigenvalue weighted by molar-refractivity contribution is 0.477. The molecule has 59 heavy (non-hydrogen) atoms. The second-order valence-electron chi connectivity index (χ2n) is 14.6. The van der Waals surface area contributed by atoms with E-state index in [4.69, 9.17) is 4.74 Å². The molecule has 0 atom stereocenters. The second-order valence-corrected chi connectivity index (χ2v) is 15.7. The topological polar surface area (TPSA) is 19.0 Å². The molecule has 0 radical (unpaired) electrons. The Hall–Kier alpha value is -7.47. The molecule has 11 rings (SSSR count). The first-order valence-corrected chi connectivity index (χ1v) is 20.7. The summed E-state index contributed by atoms with van der Waals surface area (Å²) in [5.74, 6) is 1.66. The molecular weight excluding hydrogens is 739 g/mol. The van der Waals surface area contributed by atoms with Crippen LogP contribution in [0.1, 0.15) is 0 Å². The normalized spacial score (nSPS) is 12.4. The van der Waals surface area contributed by atoms with Crippen molar-refractivity contribution >= 4 is 62.9 Å². The van der Waals surface area contributed by atoms with E-state index < -0.39 is 0 Å². The number of nitrogens with zero attached hydrogens (tertiary/aromatic N) is 3. The van der Waals surface area contributed by atoms with Gasteiger partial charge in [-0.2, -0.15) is 0 Å². The lowest BCUT2D eigenvalue weighted by Gasteiger charge is -2.33. The molecule has 0 unspecified atom stereocenters. The molecule has 4 nitrogen and oxygen atoms in total. The van der Waals surface area contributed by atoms with Gasteiger partial charge in [-0.3, -0.25) is 0 Å². The molecule has 0 bridgehead atoms. The van der Waals surface area contributed by atoms with Gasteiger partial charge >= 0.3 is 0 Å². The minimum absolute atomic E-state index is 0.826. The fourth-order valence-electron chi connectivity index (χ4n) is 8.21. The molecule has 0 amide bonds. The van der Waals surface area contributed by atoms with E-state index in [1.807, 2.05) is 30.0 Å². The van der Waals surface area contributed by atoms with Crippen LogP contribution in [0.2, 0.25) is 0 Å². The van der Waals surface area contributed by atoms with E-state index >= 15 is 0 Å². The number of para-hydroxylation sites is 5. The Kier molecular flexibility index (Phi) is 8.72. The van der Waals surface area contributed by atoms with Crippen molar-refractivity contribution < 1.29 is 4.74 Å². The van der Waals surface area contributed by atoms with Crippen LogP contribution < -0.4 is 19.4 Å². The first-order chi connectivity index (χ1) is 29.2. The third kappa shape index (κ3) is 6.38. The van der Waals surface area contributed by atoms with E-state index in [-0.39, 0.29) is 0 Å². The highest BCUT2D eigenvalue weighted by molar-refractivity contribution is 7.99. The summed E-state index contributed by atoms with van der Waals surface area (Å²) in [5, 5.41) is 0. The van der Waals surface area contributed by atoms with E-state index in [1.54, 1.807) is 0 Å². The van der Waals surface area contributed by atoms with Crippen LogP contribution in [-0.2, 0) is 0 Å². The predicted octanol–water partition coefficient (Wildman–Crippen LogP) is 16.0. The Bertz CT molecular complexity index is 2890. The van der Waals surface area contributed by atoms with Crippen LogP contribution >= 0.6 is 11.8 Å². The molecule has 2 heterocycles. The van der Waals surface area contributed by atoms with Crippen LogP contribution in [-0.4, -0.2) is 0 Å². The van der Waals surface area contributed by atoms with Gasteiger partial charge in [0.15, 0.2) is 11.5 Å². The summed E-state index contributed by atoms with van der Waals surface area (Å²) >= 11 is 1.83. The van der Waals surface area contributed by atoms with Crippen LogP contribution in [0.25, 0.3) is 22.3 Å². The Balaban J connectivity index is 0.956. The number of benzene rings is 9. The lowest BCUT2D eigenvalue weighted by Crippen LogP contribution is -2.15. The van der Waals surface area contributed by atoms with Gasteiger partial charge in [0, 0.05) is 38.2 Å². The maximum Gasteiger partial charge on any atom is 0.152 e. The van der Waals surface area contributed by atoms with E-state index in [1.165, 1.54) is 32.3 Å². The molecule has 0 N–H and O–H groups in total. The first-order valence-electron chi connectivity index (χ1n) is 19.8. The van der Waals surface area contributed by atoms with Crippen molar-refractivity contribution in [3.05, 3.63) is 224 Å². The molecule has 280 valence electrons. The molecule has 9 aromatic carbocycles. The first kappa shape index (κ1) is 34.8. The second kappa shape index (κ2) is 14.8. The van der Waals surface area contributed by atoms with Gasteiger partial charge in [0.1, 0.15) is 0 Å². The molecule has 0 aliphatic carbocycles. The standard InChI is InChI=1S/C54H37N3OS/c1-3-13-38(14-4-1)39-23-28-43(29-24-39)55(45-32-34-46(35-33-45)57-49-18-8-11-21-53(49)59-54-22-12-9-19-50(54)57)44-30-25-40(26-31-44)41-27-36-48-52(37-41)58-51-20-10-7-17-47(51)56(48)42-15-5-2-6-16-42/h1-37H. The average Bonchev–Trinajstić information content (AvgIpc) is 3.31. The van der Waals surface area contributed by atoms with E-state index in [2.05, 4.69) is 221 Å². The van der Waals surface area contributed by atoms with Gasteiger partial charge in [-0.15, -0.1) is 0 Å². The smallest absolute Gasteiger partial charge is 0.152 e. The molecule has 0 spiro atoms. The number of hydrogen-bond donors (Lipinski definition) is 0. The van der Waals surface area contributed by atoms with E-state index in [0.29, 0.717) is 0 Å². The number of anilines is 9. The van der Waals surface area contributed by atoms with E-state index in [0.717, 1.165) is 62.4 Å². The third-order valence-electron chi connectivity index (χ3n) is 11.0. The van der Waals surface area contributed by atoms with Crippen molar-refractivity contribution in [2.24, 2.45) is 0 Å². The van der Waals surface area contributed by atoms with Gasteiger partial charge in [0.25, 0.3) is 0 Å². The zero-order valence-corrected chi connectivity index (χ0v) is 32.8. The highest BCUT2D eigenvalue weighted by atomic mass is 32.2. The largest absolute Gasteiger partial charge is 0.453 e. The van der Waals surface area contributed by atoms with Crippen molar-refractivity contribution in [1.82, 2.24) is 0 Å². The minimum atomic E-state index is 0.826. The SMILES string of the molecule is c1ccc(-c2ccc(N(c3ccc(-c4ccc5c(c4)Oc4ccccc4N5c4ccccc4)cc3)c3ccc(N4c5ccccc5Sc5ccccc54)cc3)cc2)cc1. The number of fused-ring (bicyclic) bond motifs is 4. The fraction of sp³-hybridized carbons (Fsp3) is 0. The molecule has 0 saturated heterocycles. The van der Waals surface area contributed by atoms with Gasteiger partial charge in [-0.05, 0) is 131 Å². The monoisotopic (exact) mass is 775 g/mol. The maximum atomic E-state index is 6.55. The van der Waals surface area contributed by atoms with Crippen molar-refractivity contribution in [1.29, 1.82) is 0 Å². The van der Waals surface area contributed by atoms with Gasteiger partial charge in [-0.1, -0.05) is 127 Å². The molecule has 2 aliphatic heterocycles. The Morgan fingerprint density at radius 3 is 1.37 bits per heavy atom. The molecule has 0 aromatic heterocycles. The molecule has 2 aliphatic rings. The highest BCUT2D eigenvalue weighted by Gasteiger charge is 2.27. The quantitative estimate of drug-likeness (QED) is 0.160. The Labute approximate surface area is 348 Å². The molecule has 0 saturated carbocycles. The van der Waals surface area contributed by atoms with Gasteiger partial charge in [-0.25, -0.2) is 0 Å². The summed E-state index contributed by atoms with van der Waals surface area (Å²) in [6, 6.07) is 79.7. The van der Waals surface area contributed by atoms with Crippen LogP contribution in [0.15, 0.2) is 234 Å². The highest BCUT2D eigenvalue weighted by Crippen LogP contribution is 2.53. The number of ether oxygens (including phenoxy) is 1. The molecule has 0 fully saturated rings. The molecule has 5 heteroatoms. The summed E-state index contributed by atoms with van der Waals surface area (Å²) in [7, 11) is 0. The Morgan fingerprint density at radius 2 is 0.746 bits per heavy atom. The summed E-state index contributed by atoms with van der Waals surface area (Å²) in [5.41, 5.74) is 14.4. The zero-order chi connectivity index (χ0) is 39.1. The van der Waals surface area contributed by atoms with Crippen molar-refractivity contribution in [2.45, 2.75) is 9.79 Å². The fourth-order valence-corrected chi connectivity index (χ4v) is 9.27. The average molecular weight is 776 g/mol. The Morgan fingerprint density at radius 1 is 0.322 bits per heavy atom. The maximum absolute atomic E-state index is 6.55. The predicted molar refractivity (Wildman–Crippen MR) is 246 cm³/mol. The summed E-state index contributed by atoms with van der Waals surface area (Å²) in [6.45, 7) is 0. The lowest BCUT2D eigenvalue weighted by atomic mass is 10.0. The molecule has 9 aromatic rings. The minimum Gasteiger partial charge on any atom is -0.453 e. The summed E-state index contributed by atoms with van der Waals surface area (Å²) in [6.07, 6.45) is 0. The van der Waals surface area contributed by atoms with E-state index in [9.17, 15) is 0 Å². The summed E-state index contributed by atoms with van der Waals surface area (Å²) < 4.78 is 6.55. The van der Waals surface area contributed by atoms with Gasteiger partial charge in [0.2, 0.25) is 0 Å². The number of rotatable bonds is 7. The number of hydrogen-bond acceptors (Lipinski definition) is 5.